The molecule has 0 aliphatic heterocycles. The van der Waals surface area contributed by atoms with Crippen LogP contribution in [0.15, 0.2) is 0 Å². The number of nitrogens with zero attached hydrogens (tertiary/aromatic N) is 1. The third-order valence-electron chi connectivity index (χ3n) is 2.79. The minimum absolute atomic E-state index is 0.0952. The van der Waals surface area contributed by atoms with Gasteiger partial charge in [0, 0.05) is 39.1 Å². The van der Waals surface area contributed by atoms with Crippen LogP contribution in [-0.4, -0.2) is 50.6 Å². The summed E-state index contributed by atoms with van der Waals surface area (Å²) in [6, 6.07) is 0.630. The van der Waals surface area contributed by atoms with Crippen molar-refractivity contribution < 1.29 is 4.79 Å². The van der Waals surface area contributed by atoms with Gasteiger partial charge in [0.05, 0.1) is 0 Å². The number of hydrogen-bond donors (Lipinski definition) is 2. The fourth-order valence-electron chi connectivity index (χ4n) is 1.24. The lowest BCUT2D eigenvalue weighted by Gasteiger charge is -2.23. The molecule has 0 saturated heterocycles. The standard InChI is InChI=1S/C11H25N3O/c1-5-10(2)14(4)9-8-13-7-6-11(15)12-3/h10,13H,5-9H2,1-4H3,(H,12,15). The summed E-state index contributed by atoms with van der Waals surface area (Å²) in [5.74, 6) is 0.0952. The molecule has 1 unspecified atom stereocenters. The van der Waals surface area contributed by atoms with Gasteiger partial charge in [-0.25, -0.2) is 0 Å². The molecule has 15 heavy (non-hydrogen) atoms. The first-order valence-corrected chi connectivity index (χ1v) is 5.73. The minimum Gasteiger partial charge on any atom is -0.359 e. The molecule has 0 aromatic heterocycles. The number of hydrogen-bond acceptors (Lipinski definition) is 3. The summed E-state index contributed by atoms with van der Waals surface area (Å²) in [6.07, 6.45) is 1.73. The lowest BCUT2D eigenvalue weighted by molar-refractivity contribution is -0.120. The molecule has 0 radical (unpaired) electrons. The van der Waals surface area contributed by atoms with Crippen LogP contribution in [0.1, 0.15) is 26.7 Å². The number of rotatable bonds is 8. The zero-order valence-electron chi connectivity index (χ0n) is 10.5. The van der Waals surface area contributed by atoms with Crippen LogP contribution in [0.4, 0.5) is 0 Å². The highest BCUT2D eigenvalue weighted by atomic mass is 16.1. The summed E-state index contributed by atoms with van der Waals surface area (Å²) in [7, 11) is 3.80. The summed E-state index contributed by atoms with van der Waals surface area (Å²) in [4.78, 5) is 13.2. The molecule has 90 valence electrons. The zero-order valence-corrected chi connectivity index (χ0v) is 10.5. The number of carbonyl (C=O) groups is 1. The van der Waals surface area contributed by atoms with Gasteiger partial charge in [-0.05, 0) is 20.4 Å². The van der Waals surface area contributed by atoms with Gasteiger partial charge in [0.2, 0.25) is 5.91 Å². The van der Waals surface area contributed by atoms with Crippen molar-refractivity contribution in [2.24, 2.45) is 0 Å². The first-order chi connectivity index (χ1) is 7.11. The molecular formula is C11H25N3O. The van der Waals surface area contributed by atoms with Crippen molar-refractivity contribution in [3.63, 3.8) is 0 Å². The van der Waals surface area contributed by atoms with Crippen molar-refractivity contribution >= 4 is 5.91 Å². The molecule has 0 aromatic rings. The van der Waals surface area contributed by atoms with Gasteiger partial charge in [-0.1, -0.05) is 6.92 Å². The topological polar surface area (TPSA) is 44.4 Å². The van der Waals surface area contributed by atoms with E-state index in [2.05, 4.69) is 36.4 Å². The molecule has 4 heteroatoms. The van der Waals surface area contributed by atoms with Gasteiger partial charge in [0.15, 0.2) is 0 Å². The Morgan fingerprint density at radius 1 is 1.40 bits per heavy atom. The highest BCUT2D eigenvalue weighted by Crippen LogP contribution is 1.97. The predicted octanol–water partition coefficient (Wildman–Crippen LogP) is 0.442. The van der Waals surface area contributed by atoms with E-state index in [1.165, 1.54) is 6.42 Å². The van der Waals surface area contributed by atoms with E-state index in [0.717, 1.165) is 19.6 Å². The first-order valence-electron chi connectivity index (χ1n) is 5.73. The second-order valence-electron chi connectivity index (χ2n) is 3.91. The Bertz CT molecular complexity index is 173. The maximum absolute atomic E-state index is 10.9. The molecule has 4 nitrogen and oxygen atoms in total. The summed E-state index contributed by atoms with van der Waals surface area (Å²) < 4.78 is 0. The van der Waals surface area contributed by atoms with Crippen LogP contribution >= 0.6 is 0 Å². The molecule has 1 atom stereocenters. The zero-order chi connectivity index (χ0) is 11.7. The third-order valence-corrected chi connectivity index (χ3v) is 2.79. The molecule has 1 amide bonds. The summed E-state index contributed by atoms with van der Waals surface area (Å²) in [5.41, 5.74) is 0. The fraction of sp³-hybridized carbons (Fsp3) is 0.909. The van der Waals surface area contributed by atoms with E-state index < -0.39 is 0 Å². The summed E-state index contributed by atoms with van der Waals surface area (Å²) in [5, 5.41) is 5.86. The third kappa shape index (κ3) is 7.33. The van der Waals surface area contributed by atoms with E-state index in [1.54, 1.807) is 7.05 Å². The predicted molar refractivity (Wildman–Crippen MR) is 63.9 cm³/mol. The van der Waals surface area contributed by atoms with E-state index in [4.69, 9.17) is 0 Å². The highest BCUT2D eigenvalue weighted by molar-refractivity contribution is 5.75. The van der Waals surface area contributed by atoms with E-state index in [9.17, 15) is 4.79 Å². The van der Waals surface area contributed by atoms with Gasteiger partial charge in [-0.15, -0.1) is 0 Å². The Labute approximate surface area is 93.4 Å². The fourth-order valence-corrected chi connectivity index (χ4v) is 1.24. The molecule has 0 aliphatic rings. The van der Waals surface area contributed by atoms with Gasteiger partial charge in [0.1, 0.15) is 0 Å². The number of likely N-dealkylation sites (N-methyl/N-ethyl adjacent to an activating group) is 1. The van der Waals surface area contributed by atoms with Gasteiger partial charge in [0.25, 0.3) is 0 Å². The van der Waals surface area contributed by atoms with Crippen molar-refractivity contribution in [3.8, 4) is 0 Å². The van der Waals surface area contributed by atoms with Crippen LogP contribution in [0.5, 0.6) is 0 Å². The van der Waals surface area contributed by atoms with Gasteiger partial charge >= 0.3 is 0 Å². The maximum Gasteiger partial charge on any atom is 0.221 e. The Kier molecular flexibility index (Phi) is 8.33. The van der Waals surface area contributed by atoms with Crippen molar-refractivity contribution in [3.05, 3.63) is 0 Å². The van der Waals surface area contributed by atoms with Gasteiger partial charge < -0.3 is 15.5 Å². The second-order valence-corrected chi connectivity index (χ2v) is 3.91. The molecule has 0 heterocycles. The molecule has 0 aromatic carbocycles. The van der Waals surface area contributed by atoms with Gasteiger partial charge in [-0.2, -0.15) is 0 Å². The summed E-state index contributed by atoms with van der Waals surface area (Å²) >= 11 is 0. The van der Waals surface area contributed by atoms with E-state index in [0.29, 0.717) is 12.5 Å². The van der Waals surface area contributed by atoms with Crippen molar-refractivity contribution in [1.29, 1.82) is 0 Å². The Hall–Kier alpha value is -0.610. The Balaban J connectivity index is 3.34. The number of carbonyl (C=O) groups excluding carboxylic acids is 1. The quantitative estimate of drug-likeness (QED) is 0.578. The van der Waals surface area contributed by atoms with Crippen LogP contribution in [0.3, 0.4) is 0 Å². The lowest BCUT2D eigenvalue weighted by atomic mass is 10.2. The largest absolute Gasteiger partial charge is 0.359 e. The lowest BCUT2D eigenvalue weighted by Crippen LogP contribution is -2.36. The Morgan fingerprint density at radius 2 is 2.07 bits per heavy atom. The van der Waals surface area contributed by atoms with Crippen LogP contribution in [-0.2, 0) is 4.79 Å². The maximum atomic E-state index is 10.9. The first kappa shape index (κ1) is 14.4. The van der Waals surface area contributed by atoms with Crippen LogP contribution in [0.25, 0.3) is 0 Å². The molecule has 0 spiro atoms. The average Bonchev–Trinajstić information content (AvgIpc) is 2.26. The van der Waals surface area contributed by atoms with Crippen molar-refractivity contribution in [2.75, 3.05) is 33.7 Å². The van der Waals surface area contributed by atoms with E-state index in [-0.39, 0.29) is 5.91 Å². The van der Waals surface area contributed by atoms with Crippen molar-refractivity contribution in [2.45, 2.75) is 32.7 Å². The van der Waals surface area contributed by atoms with Crippen molar-refractivity contribution in [1.82, 2.24) is 15.5 Å². The van der Waals surface area contributed by atoms with Crippen LogP contribution in [0, 0.1) is 0 Å². The van der Waals surface area contributed by atoms with E-state index in [1.807, 2.05) is 0 Å². The molecular weight excluding hydrogens is 190 g/mol. The SMILES string of the molecule is CCC(C)N(C)CCNCCC(=O)NC. The number of nitrogens with one attached hydrogen (secondary N) is 2. The smallest absolute Gasteiger partial charge is 0.221 e. The second kappa shape index (κ2) is 8.68. The Morgan fingerprint density at radius 3 is 2.60 bits per heavy atom. The van der Waals surface area contributed by atoms with E-state index >= 15 is 0 Å². The molecule has 2 N–H and O–H groups in total. The van der Waals surface area contributed by atoms with Crippen LogP contribution in [0.2, 0.25) is 0 Å². The minimum atomic E-state index is 0.0952. The summed E-state index contributed by atoms with van der Waals surface area (Å²) in [6.45, 7) is 7.15. The molecule has 0 rings (SSSR count). The molecule has 0 saturated carbocycles. The van der Waals surface area contributed by atoms with Crippen LogP contribution < -0.4 is 10.6 Å². The molecule has 0 aliphatic carbocycles. The average molecular weight is 215 g/mol. The molecule has 0 fully saturated rings. The number of amides is 1. The monoisotopic (exact) mass is 215 g/mol. The molecule has 0 bridgehead atoms. The normalized spacial score (nSPS) is 12.9. The highest BCUT2D eigenvalue weighted by Gasteiger charge is 2.05. The van der Waals surface area contributed by atoms with Gasteiger partial charge in [-0.3, -0.25) is 4.79 Å².